The number of thioether (sulfide) groups is 1. The lowest BCUT2D eigenvalue weighted by molar-refractivity contribution is 0.609. The van der Waals surface area contributed by atoms with Crippen LogP contribution in [0.15, 0.2) is 53.6 Å². The van der Waals surface area contributed by atoms with Crippen LogP contribution in [0.3, 0.4) is 0 Å². The molecule has 0 aliphatic carbocycles. The summed E-state index contributed by atoms with van der Waals surface area (Å²) in [5, 5.41) is 4.16. The van der Waals surface area contributed by atoms with Gasteiger partial charge in [-0.25, -0.2) is 0 Å². The van der Waals surface area contributed by atoms with Crippen LogP contribution in [0.4, 0.5) is 0 Å². The Kier molecular flexibility index (Phi) is 5.70. The third-order valence-electron chi connectivity index (χ3n) is 2.87. The smallest absolute Gasteiger partial charge is 0.0541 e. The number of nitrogens with one attached hydrogen (secondary N) is 1. The normalized spacial score (nSPS) is 12.3. The van der Waals surface area contributed by atoms with Crippen molar-refractivity contribution in [3.05, 3.63) is 59.4 Å². The van der Waals surface area contributed by atoms with Gasteiger partial charge in [-0.2, -0.15) is 0 Å². The van der Waals surface area contributed by atoms with Crippen LogP contribution in [0, 0.1) is 0 Å². The van der Waals surface area contributed by atoms with E-state index in [-0.39, 0.29) is 0 Å². The van der Waals surface area contributed by atoms with Crippen molar-refractivity contribution in [2.45, 2.75) is 17.4 Å². The van der Waals surface area contributed by atoms with Gasteiger partial charge < -0.3 is 5.32 Å². The molecule has 1 unspecified atom stereocenters. The summed E-state index contributed by atoms with van der Waals surface area (Å²) in [6, 6.07) is 14.4. The highest BCUT2D eigenvalue weighted by molar-refractivity contribution is 7.99. The van der Waals surface area contributed by atoms with Crippen LogP contribution in [0.5, 0.6) is 0 Å². The van der Waals surface area contributed by atoms with E-state index in [1.54, 1.807) is 11.8 Å². The van der Waals surface area contributed by atoms with Gasteiger partial charge in [0.2, 0.25) is 0 Å². The molecule has 0 amide bonds. The maximum Gasteiger partial charge on any atom is 0.0541 e. The lowest BCUT2D eigenvalue weighted by Gasteiger charge is -2.15. The second kappa shape index (κ2) is 7.53. The zero-order chi connectivity index (χ0) is 13.5. The third kappa shape index (κ3) is 4.53. The van der Waals surface area contributed by atoms with Gasteiger partial charge in [0.05, 0.1) is 5.02 Å². The largest absolute Gasteiger partial charge is 0.316 e. The summed E-state index contributed by atoms with van der Waals surface area (Å²) < 4.78 is 0. The number of hydrogen-bond acceptors (Lipinski definition) is 3. The maximum atomic E-state index is 6.16. The summed E-state index contributed by atoms with van der Waals surface area (Å²) in [4.78, 5) is 5.49. The zero-order valence-corrected chi connectivity index (χ0v) is 12.4. The molecular formula is C15H17ClN2S. The van der Waals surface area contributed by atoms with Gasteiger partial charge in [-0.15, -0.1) is 11.8 Å². The molecule has 0 fully saturated rings. The van der Waals surface area contributed by atoms with Crippen LogP contribution in [0.1, 0.15) is 5.69 Å². The van der Waals surface area contributed by atoms with Gasteiger partial charge in [0.25, 0.3) is 0 Å². The van der Waals surface area contributed by atoms with E-state index >= 15 is 0 Å². The number of likely N-dealkylation sites (N-methyl/N-ethyl adjacent to an activating group) is 1. The third-order valence-corrected chi connectivity index (χ3v) is 4.54. The molecular weight excluding hydrogens is 276 g/mol. The fraction of sp³-hybridized carbons (Fsp3) is 0.267. The predicted molar refractivity (Wildman–Crippen MR) is 83.0 cm³/mol. The topological polar surface area (TPSA) is 24.9 Å². The van der Waals surface area contributed by atoms with Crippen molar-refractivity contribution < 1.29 is 0 Å². The van der Waals surface area contributed by atoms with E-state index in [1.807, 2.05) is 43.6 Å². The van der Waals surface area contributed by atoms with Gasteiger partial charge in [0.1, 0.15) is 0 Å². The summed E-state index contributed by atoms with van der Waals surface area (Å²) >= 11 is 7.93. The van der Waals surface area contributed by atoms with Crippen molar-refractivity contribution in [1.82, 2.24) is 10.3 Å². The first kappa shape index (κ1) is 14.4. The van der Waals surface area contributed by atoms with Crippen LogP contribution in [0.2, 0.25) is 5.02 Å². The van der Waals surface area contributed by atoms with E-state index in [4.69, 9.17) is 11.6 Å². The number of benzene rings is 1. The monoisotopic (exact) mass is 292 g/mol. The van der Waals surface area contributed by atoms with Crippen LogP contribution >= 0.6 is 23.4 Å². The quantitative estimate of drug-likeness (QED) is 0.823. The standard InChI is InChI=1S/C15H17ClN2S/c1-17-13(10-12-6-4-5-9-18-12)11-19-15-8-3-2-7-14(15)16/h2-9,13,17H,10-11H2,1H3. The minimum atomic E-state index is 0.385. The lowest BCUT2D eigenvalue weighted by atomic mass is 10.2. The van der Waals surface area contributed by atoms with Crippen LogP contribution in [-0.2, 0) is 6.42 Å². The highest BCUT2D eigenvalue weighted by Gasteiger charge is 2.09. The highest BCUT2D eigenvalue weighted by atomic mass is 35.5. The number of pyridine rings is 1. The highest BCUT2D eigenvalue weighted by Crippen LogP contribution is 2.27. The Bertz CT molecular complexity index is 505. The Hall–Kier alpha value is -1.03. The Morgan fingerprint density at radius 3 is 2.68 bits per heavy atom. The molecule has 1 atom stereocenters. The van der Waals surface area contributed by atoms with Gasteiger partial charge in [0.15, 0.2) is 0 Å². The molecule has 2 nitrogen and oxygen atoms in total. The molecule has 0 bridgehead atoms. The Morgan fingerprint density at radius 1 is 1.21 bits per heavy atom. The molecule has 0 spiro atoms. The second-order valence-corrected chi connectivity index (χ2v) is 5.72. The molecule has 0 aliphatic rings. The van der Waals surface area contributed by atoms with Gasteiger partial charge in [-0.3, -0.25) is 4.98 Å². The molecule has 0 saturated heterocycles. The molecule has 1 aromatic carbocycles. The van der Waals surface area contributed by atoms with Gasteiger partial charge in [0, 0.05) is 35.0 Å². The zero-order valence-electron chi connectivity index (χ0n) is 10.8. The predicted octanol–water partition coefficient (Wildman–Crippen LogP) is 3.66. The van der Waals surface area contributed by atoms with Crippen molar-refractivity contribution in [1.29, 1.82) is 0 Å². The van der Waals surface area contributed by atoms with Crippen molar-refractivity contribution in [3.63, 3.8) is 0 Å². The van der Waals surface area contributed by atoms with Gasteiger partial charge in [-0.05, 0) is 31.3 Å². The maximum absolute atomic E-state index is 6.16. The summed E-state index contributed by atoms with van der Waals surface area (Å²) in [5.74, 6) is 0.969. The van der Waals surface area contributed by atoms with Crippen molar-refractivity contribution >= 4 is 23.4 Å². The molecule has 1 N–H and O–H groups in total. The molecule has 2 rings (SSSR count). The molecule has 2 aromatic rings. The van der Waals surface area contributed by atoms with Crippen LogP contribution in [0.25, 0.3) is 0 Å². The van der Waals surface area contributed by atoms with E-state index in [0.717, 1.165) is 27.8 Å². The average Bonchev–Trinajstić information content (AvgIpc) is 2.46. The summed E-state index contributed by atoms with van der Waals surface area (Å²) in [7, 11) is 1.99. The van der Waals surface area contributed by atoms with E-state index in [0.29, 0.717) is 6.04 Å². The van der Waals surface area contributed by atoms with Gasteiger partial charge in [-0.1, -0.05) is 29.8 Å². The van der Waals surface area contributed by atoms with Crippen LogP contribution < -0.4 is 5.32 Å². The number of nitrogens with zero attached hydrogens (tertiary/aromatic N) is 1. The number of rotatable bonds is 6. The molecule has 4 heteroatoms. The SMILES string of the molecule is CNC(CSc1ccccc1Cl)Cc1ccccn1. The number of hydrogen-bond donors (Lipinski definition) is 1. The Labute approximate surface area is 123 Å². The Morgan fingerprint density at radius 2 is 2.00 bits per heavy atom. The van der Waals surface area contributed by atoms with E-state index in [1.165, 1.54) is 0 Å². The van der Waals surface area contributed by atoms with Gasteiger partial charge >= 0.3 is 0 Å². The summed E-state index contributed by atoms with van der Waals surface area (Å²) in [6.07, 6.45) is 2.76. The number of aromatic nitrogens is 1. The molecule has 0 aliphatic heterocycles. The summed E-state index contributed by atoms with van der Waals surface area (Å²) in [5.41, 5.74) is 1.11. The van der Waals surface area contributed by atoms with E-state index in [9.17, 15) is 0 Å². The minimum absolute atomic E-state index is 0.385. The van der Waals surface area contributed by atoms with Crippen molar-refractivity contribution in [2.75, 3.05) is 12.8 Å². The summed E-state index contributed by atoms with van der Waals surface area (Å²) in [6.45, 7) is 0. The number of halogens is 1. The van der Waals surface area contributed by atoms with Crippen molar-refractivity contribution in [3.8, 4) is 0 Å². The molecule has 0 radical (unpaired) electrons. The fourth-order valence-electron chi connectivity index (χ4n) is 1.77. The lowest BCUT2D eigenvalue weighted by Crippen LogP contribution is -2.30. The van der Waals surface area contributed by atoms with E-state index in [2.05, 4.69) is 22.4 Å². The fourth-order valence-corrected chi connectivity index (χ4v) is 3.11. The molecule has 0 saturated carbocycles. The first-order chi connectivity index (χ1) is 9.29. The molecule has 1 aromatic heterocycles. The van der Waals surface area contributed by atoms with E-state index < -0.39 is 0 Å². The first-order valence-electron chi connectivity index (χ1n) is 6.24. The van der Waals surface area contributed by atoms with Crippen molar-refractivity contribution in [2.24, 2.45) is 0 Å². The molecule has 100 valence electrons. The second-order valence-electron chi connectivity index (χ2n) is 4.25. The Balaban J connectivity index is 1.91. The average molecular weight is 293 g/mol. The molecule has 1 heterocycles. The first-order valence-corrected chi connectivity index (χ1v) is 7.60. The minimum Gasteiger partial charge on any atom is -0.316 e. The van der Waals surface area contributed by atoms with Crippen LogP contribution in [-0.4, -0.2) is 23.8 Å². The molecule has 19 heavy (non-hydrogen) atoms.